The molecule has 0 bridgehead atoms. The highest BCUT2D eigenvalue weighted by Crippen LogP contribution is 2.29. The van der Waals surface area contributed by atoms with E-state index in [0.29, 0.717) is 5.56 Å². The number of hydrogen-bond acceptors (Lipinski definition) is 3. The Morgan fingerprint density at radius 3 is 2.12 bits per heavy atom. The Morgan fingerprint density at radius 1 is 1.04 bits per heavy atom. The molecule has 0 aliphatic heterocycles. The average Bonchev–Trinajstić information content (AvgIpc) is 2.54. The Hall–Kier alpha value is -2.70. The number of alkyl halides is 3. The third-order valence-corrected chi connectivity index (χ3v) is 3.61. The number of carbonyl (C=O) groups is 1. The molecule has 1 atom stereocenters. The van der Waals surface area contributed by atoms with Gasteiger partial charge in [-0.25, -0.2) is 0 Å². The van der Waals surface area contributed by atoms with E-state index in [1.807, 2.05) is 0 Å². The van der Waals surface area contributed by atoms with Gasteiger partial charge in [0.05, 0.1) is 11.5 Å². The summed E-state index contributed by atoms with van der Waals surface area (Å²) in [7, 11) is 0. The smallest absolute Gasteiger partial charge is 0.294 e. The second kappa shape index (κ2) is 7.25. The van der Waals surface area contributed by atoms with Crippen LogP contribution in [0.25, 0.3) is 0 Å². The van der Waals surface area contributed by atoms with Crippen molar-refractivity contribution in [2.24, 2.45) is 0 Å². The molecule has 24 heavy (non-hydrogen) atoms. The molecule has 0 amide bonds. The highest BCUT2D eigenvalue weighted by atomic mass is 19.4. The predicted octanol–water partition coefficient (Wildman–Crippen LogP) is 4.34. The minimum absolute atomic E-state index is 0.104. The molecule has 126 valence electrons. The normalized spacial score (nSPS) is 12.6. The van der Waals surface area contributed by atoms with E-state index >= 15 is 0 Å². The van der Waals surface area contributed by atoms with Crippen LogP contribution >= 0.6 is 0 Å². The van der Waals surface area contributed by atoms with Crippen LogP contribution in [0.5, 0.6) is 0 Å². The first-order valence-corrected chi connectivity index (χ1v) is 7.14. The summed E-state index contributed by atoms with van der Waals surface area (Å²) in [6, 6.07) is 12.4. The summed E-state index contributed by atoms with van der Waals surface area (Å²) in [6.07, 6.45) is -4.61. The molecule has 0 saturated carbocycles. The number of halogens is 3. The van der Waals surface area contributed by atoms with Crippen molar-refractivity contribution in [2.45, 2.75) is 18.5 Å². The third kappa shape index (κ3) is 4.65. The number of hydrogen-bond donors (Lipinski definition) is 0. The summed E-state index contributed by atoms with van der Waals surface area (Å²) in [5, 5.41) is 10.8. The molecule has 0 fully saturated rings. The first kappa shape index (κ1) is 17.7. The van der Waals surface area contributed by atoms with Crippen LogP contribution in [-0.4, -0.2) is 17.3 Å². The van der Waals surface area contributed by atoms with E-state index < -0.39 is 34.9 Å². The van der Waals surface area contributed by atoms with Gasteiger partial charge >= 0.3 is 6.18 Å². The maximum Gasteiger partial charge on any atom is 0.416 e. The number of nitrogens with zero attached hydrogens (tertiary/aromatic N) is 1. The van der Waals surface area contributed by atoms with Gasteiger partial charge in [0.25, 0.3) is 0 Å². The largest absolute Gasteiger partial charge is 0.416 e. The number of rotatable bonds is 6. The van der Waals surface area contributed by atoms with Crippen molar-refractivity contribution in [2.75, 3.05) is 6.54 Å². The number of benzene rings is 2. The van der Waals surface area contributed by atoms with Gasteiger partial charge in [0.2, 0.25) is 6.54 Å². The molecule has 0 aromatic heterocycles. The van der Waals surface area contributed by atoms with Crippen molar-refractivity contribution in [3.63, 3.8) is 0 Å². The zero-order valence-corrected chi connectivity index (χ0v) is 12.5. The van der Waals surface area contributed by atoms with Crippen LogP contribution in [0.15, 0.2) is 54.6 Å². The van der Waals surface area contributed by atoms with Crippen LogP contribution < -0.4 is 0 Å². The van der Waals surface area contributed by atoms with Crippen molar-refractivity contribution in [1.82, 2.24) is 0 Å². The predicted molar refractivity (Wildman–Crippen MR) is 81.4 cm³/mol. The van der Waals surface area contributed by atoms with Gasteiger partial charge in [0.15, 0.2) is 5.78 Å². The molecule has 0 unspecified atom stereocenters. The molecule has 2 aromatic carbocycles. The Bertz CT molecular complexity index is 712. The van der Waals surface area contributed by atoms with Gasteiger partial charge in [-0.1, -0.05) is 42.5 Å². The molecule has 0 N–H and O–H groups in total. The third-order valence-electron chi connectivity index (χ3n) is 3.61. The molecule has 0 heterocycles. The minimum Gasteiger partial charge on any atom is -0.294 e. The lowest BCUT2D eigenvalue weighted by Crippen LogP contribution is -2.17. The summed E-state index contributed by atoms with van der Waals surface area (Å²) < 4.78 is 37.6. The van der Waals surface area contributed by atoms with Crippen LogP contribution in [0, 0.1) is 10.1 Å². The highest BCUT2D eigenvalue weighted by Gasteiger charge is 2.30. The molecule has 0 aliphatic rings. The second-order valence-electron chi connectivity index (χ2n) is 5.33. The molecular weight excluding hydrogens is 323 g/mol. The standard InChI is InChI=1S/C17H14F3NO3/c18-17(19,20)15-8-6-13(7-9-15)16(22)10-14(11-21(23)24)12-4-2-1-3-5-12/h1-9,14H,10-11H2/t14-/m0/s1. The zero-order valence-electron chi connectivity index (χ0n) is 12.5. The molecule has 7 heteroatoms. The molecule has 2 aromatic rings. The fourth-order valence-corrected chi connectivity index (χ4v) is 2.38. The molecule has 2 rings (SSSR count). The van der Waals surface area contributed by atoms with Crippen molar-refractivity contribution in [3.05, 3.63) is 81.4 Å². The van der Waals surface area contributed by atoms with Crippen molar-refractivity contribution < 1.29 is 22.9 Å². The maximum absolute atomic E-state index is 12.5. The van der Waals surface area contributed by atoms with Gasteiger partial charge in [-0.3, -0.25) is 14.9 Å². The number of Topliss-reactive ketones (excluding diaryl/α,β-unsaturated/α-hetero) is 1. The lowest BCUT2D eigenvalue weighted by atomic mass is 9.91. The van der Waals surface area contributed by atoms with E-state index in [1.165, 1.54) is 0 Å². The Labute approximate surface area is 136 Å². The van der Waals surface area contributed by atoms with Crippen molar-refractivity contribution >= 4 is 5.78 Å². The summed E-state index contributed by atoms with van der Waals surface area (Å²) in [6.45, 7) is -0.420. The van der Waals surface area contributed by atoms with Crippen LogP contribution in [0.2, 0.25) is 0 Å². The molecule has 0 saturated heterocycles. The van der Waals surface area contributed by atoms with E-state index in [9.17, 15) is 28.1 Å². The Balaban J connectivity index is 2.17. The zero-order chi connectivity index (χ0) is 17.7. The van der Waals surface area contributed by atoms with Crippen LogP contribution in [0.4, 0.5) is 13.2 Å². The summed E-state index contributed by atoms with van der Waals surface area (Å²) >= 11 is 0. The topological polar surface area (TPSA) is 60.2 Å². The fraction of sp³-hybridized carbons (Fsp3) is 0.235. The molecule has 0 spiro atoms. The summed E-state index contributed by atoms with van der Waals surface area (Å²) in [5.74, 6) is -1.06. The Morgan fingerprint density at radius 2 is 1.62 bits per heavy atom. The summed E-state index contributed by atoms with van der Waals surface area (Å²) in [4.78, 5) is 22.6. The SMILES string of the molecule is O=C(C[C@@H](C[N+](=O)[O-])c1ccccc1)c1ccc(C(F)(F)F)cc1. The van der Waals surface area contributed by atoms with E-state index in [4.69, 9.17) is 0 Å². The van der Waals surface area contributed by atoms with Gasteiger partial charge in [0, 0.05) is 16.9 Å². The quantitative estimate of drug-likeness (QED) is 0.447. The maximum atomic E-state index is 12.5. The van der Waals surface area contributed by atoms with Gasteiger partial charge in [-0.15, -0.1) is 0 Å². The molecule has 0 aliphatic carbocycles. The van der Waals surface area contributed by atoms with Crippen LogP contribution in [-0.2, 0) is 6.18 Å². The number of ketones is 1. The molecular formula is C17H14F3NO3. The van der Waals surface area contributed by atoms with Crippen LogP contribution in [0.1, 0.15) is 33.8 Å². The van der Waals surface area contributed by atoms with Crippen molar-refractivity contribution in [1.29, 1.82) is 0 Å². The fourth-order valence-electron chi connectivity index (χ4n) is 2.38. The molecule has 0 radical (unpaired) electrons. The monoisotopic (exact) mass is 337 g/mol. The first-order valence-electron chi connectivity index (χ1n) is 7.14. The first-order chi connectivity index (χ1) is 11.3. The highest BCUT2D eigenvalue weighted by molar-refractivity contribution is 5.96. The van der Waals surface area contributed by atoms with E-state index in [0.717, 1.165) is 24.3 Å². The van der Waals surface area contributed by atoms with Crippen LogP contribution in [0.3, 0.4) is 0 Å². The number of carbonyl (C=O) groups excluding carboxylic acids is 1. The lowest BCUT2D eigenvalue weighted by molar-refractivity contribution is -0.483. The summed E-state index contributed by atoms with van der Waals surface area (Å²) in [5.41, 5.74) is -0.0920. The van der Waals surface area contributed by atoms with Gasteiger partial charge in [0.1, 0.15) is 0 Å². The van der Waals surface area contributed by atoms with Gasteiger partial charge in [-0.05, 0) is 17.7 Å². The second-order valence-corrected chi connectivity index (χ2v) is 5.33. The average molecular weight is 337 g/mol. The van der Waals surface area contributed by atoms with Gasteiger partial charge in [-0.2, -0.15) is 13.2 Å². The van der Waals surface area contributed by atoms with E-state index in [1.54, 1.807) is 30.3 Å². The Kier molecular flexibility index (Phi) is 5.33. The number of nitro groups is 1. The van der Waals surface area contributed by atoms with E-state index in [-0.39, 0.29) is 12.0 Å². The lowest BCUT2D eigenvalue weighted by Gasteiger charge is -2.13. The minimum atomic E-state index is -4.47. The van der Waals surface area contributed by atoms with Crippen molar-refractivity contribution in [3.8, 4) is 0 Å². The molecule has 4 nitrogen and oxygen atoms in total. The van der Waals surface area contributed by atoms with E-state index in [2.05, 4.69) is 0 Å². The van der Waals surface area contributed by atoms with Gasteiger partial charge < -0.3 is 0 Å².